The summed E-state index contributed by atoms with van der Waals surface area (Å²) in [6, 6.07) is 7.45. The molecule has 2 unspecified atom stereocenters. The molecule has 2 aromatic heterocycles. The summed E-state index contributed by atoms with van der Waals surface area (Å²) in [5.41, 5.74) is 1.31. The van der Waals surface area contributed by atoms with Gasteiger partial charge in [0.15, 0.2) is 22.8 Å². The molecule has 72 heavy (non-hydrogen) atoms. The van der Waals surface area contributed by atoms with Gasteiger partial charge >= 0.3 is 0 Å². The molecule has 6 fully saturated rings. The first kappa shape index (κ1) is 52.4. The maximum Gasteiger partial charge on any atom is 0.224 e. The third-order valence-electron chi connectivity index (χ3n) is 17.8. The van der Waals surface area contributed by atoms with E-state index in [0.29, 0.717) is 56.3 Å². The van der Waals surface area contributed by atoms with Gasteiger partial charge in [-0.3, -0.25) is 19.4 Å². The molecule has 2 amide bonds. The lowest BCUT2D eigenvalue weighted by Gasteiger charge is -2.42. The molecule has 3 aliphatic carbocycles. The second kappa shape index (κ2) is 24.3. The molecule has 2 aromatic carbocycles. The minimum atomic E-state index is -0.365. The molecule has 3 saturated heterocycles. The molecule has 2 atom stereocenters. The van der Waals surface area contributed by atoms with Gasteiger partial charge < -0.3 is 39.0 Å². The number of aromatic nitrogens is 2. The van der Waals surface area contributed by atoms with E-state index in [0.717, 1.165) is 191 Å². The number of nitrogens with zero attached hydrogens (tertiary/aromatic N) is 6. The summed E-state index contributed by atoms with van der Waals surface area (Å²) in [6.45, 7) is 10.8. The highest BCUT2D eigenvalue weighted by Crippen LogP contribution is 2.42. The maximum absolute atomic E-state index is 15.0. The van der Waals surface area contributed by atoms with Crippen LogP contribution in [0.5, 0.6) is 0 Å². The van der Waals surface area contributed by atoms with E-state index in [1.807, 2.05) is 12.1 Å². The number of benzene rings is 2. The number of methoxy groups -OCH3 is 1. The number of carbonyl (C=O) groups excluding carboxylic acids is 2. The van der Waals surface area contributed by atoms with E-state index in [1.54, 1.807) is 19.2 Å². The molecule has 2 N–H and O–H groups in total. The van der Waals surface area contributed by atoms with E-state index >= 15 is 0 Å². The van der Waals surface area contributed by atoms with Gasteiger partial charge in [0, 0.05) is 96.9 Å². The fourth-order valence-corrected chi connectivity index (χ4v) is 13.9. The molecule has 18 heteroatoms. The Kier molecular flexibility index (Phi) is 17.7. The van der Waals surface area contributed by atoms with Crippen LogP contribution in [0.25, 0.3) is 21.9 Å². The second-order valence-corrected chi connectivity index (χ2v) is 23.6. The fourth-order valence-electron chi connectivity index (χ4n) is 13.3. The average molecular weight is 1070 g/mol. The van der Waals surface area contributed by atoms with E-state index in [9.17, 15) is 9.59 Å². The number of ether oxygens (including phenoxy) is 2. The van der Waals surface area contributed by atoms with Crippen molar-refractivity contribution in [3.8, 4) is 0 Å². The molecular formula is C54H74Cl4N8O6. The number of piperazine rings is 2. The Hall–Kier alpha value is -3.08. The summed E-state index contributed by atoms with van der Waals surface area (Å²) >= 11 is 25.1. The van der Waals surface area contributed by atoms with Crippen molar-refractivity contribution < 1.29 is 28.1 Å². The molecule has 0 radical (unpaired) electrons. The molecule has 4 aromatic rings. The van der Waals surface area contributed by atoms with Gasteiger partial charge in [-0.25, -0.2) is 0 Å². The number of fused-ring (bicyclic) bond motifs is 2. The van der Waals surface area contributed by atoms with Crippen molar-refractivity contribution in [1.29, 1.82) is 0 Å². The van der Waals surface area contributed by atoms with Crippen molar-refractivity contribution in [2.45, 2.75) is 121 Å². The molecule has 394 valence electrons. The minimum Gasteiger partial charge on any atom is -0.381 e. The Balaban J connectivity index is 0.697. The molecule has 5 heterocycles. The van der Waals surface area contributed by atoms with Gasteiger partial charge in [-0.05, 0) is 152 Å². The Morgan fingerprint density at radius 2 is 0.972 bits per heavy atom. The molecule has 0 spiro atoms. The first-order valence-electron chi connectivity index (χ1n) is 27.2. The van der Waals surface area contributed by atoms with Crippen LogP contribution in [0.15, 0.2) is 33.3 Å². The predicted octanol–water partition coefficient (Wildman–Crippen LogP) is 10.5. The number of halogens is 4. The van der Waals surface area contributed by atoms with Crippen LogP contribution in [0, 0.1) is 35.5 Å². The summed E-state index contributed by atoms with van der Waals surface area (Å²) in [5.74, 6) is 2.69. The van der Waals surface area contributed by atoms with Gasteiger partial charge in [-0.1, -0.05) is 56.7 Å². The summed E-state index contributed by atoms with van der Waals surface area (Å²) in [6.07, 6.45) is 16.2. The number of hydrogen-bond acceptors (Lipinski definition) is 12. The average Bonchev–Trinajstić information content (AvgIpc) is 4.01. The first-order valence-corrected chi connectivity index (χ1v) is 28.7. The van der Waals surface area contributed by atoms with E-state index in [1.165, 1.54) is 0 Å². The van der Waals surface area contributed by atoms with E-state index in [2.05, 4.69) is 40.5 Å². The van der Waals surface area contributed by atoms with Crippen LogP contribution in [0.4, 0.5) is 11.6 Å². The van der Waals surface area contributed by atoms with E-state index < -0.39 is 0 Å². The lowest BCUT2D eigenvalue weighted by molar-refractivity contribution is -0.143. The van der Waals surface area contributed by atoms with Crippen molar-refractivity contribution in [1.82, 2.24) is 30.7 Å². The first-order chi connectivity index (χ1) is 35.1. The van der Waals surface area contributed by atoms with Gasteiger partial charge in [0.2, 0.25) is 11.8 Å². The van der Waals surface area contributed by atoms with Crippen molar-refractivity contribution in [2.75, 3.05) is 95.6 Å². The van der Waals surface area contributed by atoms with Crippen LogP contribution in [-0.2, 0) is 19.1 Å². The third kappa shape index (κ3) is 12.4. The smallest absolute Gasteiger partial charge is 0.224 e. The summed E-state index contributed by atoms with van der Waals surface area (Å²) in [7, 11) is 1.80. The Bertz CT molecular complexity index is 2430. The van der Waals surface area contributed by atoms with Crippen molar-refractivity contribution in [2.24, 2.45) is 35.5 Å². The van der Waals surface area contributed by atoms with E-state index in [4.69, 9.17) is 64.9 Å². The molecule has 0 bridgehead atoms. The number of amides is 2. The standard InChI is InChI=1S/C54H74Cl4N8O6/c1-69-40-12-6-36(7-13-40)49(53(67)59-38-8-2-34(3-9-38)14-18-63-20-24-65(25-21-63)51-41-30-43(55)45(57)32-47(41)71-61-51)50(37-16-28-70-29-17-37)54(68)60-39-10-4-35(5-11-39)15-19-64-22-26-66(27-23-64)52-42-31-44(56)46(58)33-48(42)72-62-52/h30-40,49-50H,2-29H2,1H3,(H,59,67)(H,60,68). The van der Waals surface area contributed by atoms with Gasteiger partial charge in [0.05, 0.1) is 48.8 Å². The minimum absolute atomic E-state index is 0.0933. The predicted molar refractivity (Wildman–Crippen MR) is 286 cm³/mol. The molecule has 10 rings (SSSR count). The number of carbonyl (C=O) groups is 2. The Morgan fingerprint density at radius 1 is 0.569 bits per heavy atom. The van der Waals surface area contributed by atoms with Crippen LogP contribution >= 0.6 is 46.4 Å². The summed E-state index contributed by atoms with van der Waals surface area (Å²) < 4.78 is 22.8. The highest BCUT2D eigenvalue weighted by molar-refractivity contribution is 6.43. The molecule has 6 aliphatic rings. The van der Waals surface area contributed by atoms with Crippen LogP contribution in [-0.4, -0.2) is 136 Å². The lowest BCUT2D eigenvalue weighted by Crippen LogP contribution is -2.53. The zero-order chi connectivity index (χ0) is 49.7. The Morgan fingerprint density at radius 3 is 1.39 bits per heavy atom. The van der Waals surface area contributed by atoms with Crippen molar-refractivity contribution >= 4 is 91.8 Å². The number of nitrogens with one attached hydrogen (secondary N) is 2. The zero-order valence-corrected chi connectivity index (χ0v) is 45.0. The quantitative estimate of drug-likeness (QED) is 0.110. The van der Waals surface area contributed by atoms with Gasteiger partial charge in [-0.2, -0.15) is 0 Å². The largest absolute Gasteiger partial charge is 0.381 e. The van der Waals surface area contributed by atoms with Crippen LogP contribution < -0.4 is 20.4 Å². The third-order valence-corrected chi connectivity index (χ3v) is 19.2. The van der Waals surface area contributed by atoms with Crippen LogP contribution in [0.1, 0.15) is 103 Å². The normalized spacial score (nSPS) is 27.3. The topological polar surface area (TPSA) is 142 Å². The van der Waals surface area contributed by atoms with Gasteiger partial charge in [-0.15, -0.1) is 0 Å². The maximum atomic E-state index is 15.0. The number of rotatable bonds is 16. The second-order valence-electron chi connectivity index (χ2n) is 22.0. The Labute approximate surface area is 444 Å². The van der Waals surface area contributed by atoms with Gasteiger partial charge in [0.1, 0.15) is 0 Å². The summed E-state index contributed by atoms with van der Waals surface area (Å²) in [5, 5.41) is 19.7. The van der Waals surface area contributed by atoms with Gasteiger partial charge in [0.25, 0.3) is 0 Å². The molecule has 3 aliphatic heterocycles. The number of hydrogen-bond donors (Lipinski definition) is 2. The van der Waals surface area contributed by atoms with Crippen LogP contribution in [0.2, 0.25) is 20.1 Å². The molecular weight excluding hydrogens is 998 g/mol. The number of anilines is 2. The molecule has 3 saturated carbocycles. The highest BCUT2D eigenvalue weighted by Gasteiger charge is 2.46. The fraction of sp³-hybridized carbons (Fsp3) is 0.704. The molecule has 14 nitrogen and oxygen atoms in total. The lowest BCUT2D eigenvalue weighted by atomic mass is 9.67. The SMILES string of the molecule is COC1CCC(C(C(=O)NC2CCC(CCN3CCN(c4noc5cc(Cl)c(Cl)cc45)CC3)CC2)C(C(=O)NC2CCC(CCN3CCN(c4noc5cc(Cl)c(Cl)cc45)CC3)CC2)C2CCOCC2)CC1. The summed E-state index contributed by atoms with van der Waals surface area (Å²) in [4.78, 5) is 39.6. The van der Waals surface area contributed by atoms with Crippen LogP contribution in [0.3, 0.4) is 0 Å². The van der Waals surface area contributed by atoms with E-state index in [-0.39, 0.29) is 53.7 Å². The zero-order valence-electron chi connectivity index (χ0n) is 41.9. The highest BCUT2D eigenvalue weighted by atomic mass is 35.5. The van der Waals surface area contributed by atoms with Crippen molar-refractivity contribution in [3.63, 3.8) is 0 Å². The van der Waals surface area contributed by atoms with Crippen molar-refractivity contribution in [3.05, 3.63) is 44.4 Å². The monoisotopic (exact) mass is 1070 g/mol.